The minimum atomic E-state index is -2.43. The van der Waals surface area contributed by atoms with Crippen molar-refractivity contribution in [1.29, 1.82) is 0 Å². The zero-order chi connectivity index (χ0) is 15.7. The van der Waals surface area contributed by atoms with Gasteiger partial charge in [-0.25, -0.2) is 0 Å². The molecule has 0 aromatic heterocycles. The van der Waals surface area contributed by atoms with Crippen LogP contribution >= 0.6 is 0 Å². The largest absolute Gasteiger partial charge is 0.500 e. The van der Waals surface area contributed by atoms with Crippen molar-refractivity contribution in [3.8, 4) is 0 Å². The van der Waals surface area contributed by atoms with Crippen LogP contribution in [0.3, 0.4) is 0 Å². The third-order valence-corrected chi connectivity index (χ3v) is 7.15. The lowest BCUT2D eigenvalue weighted by Crippen LogP contribution is -2.46. The molecule has 0 amide bonds. The fraction of sp³-hybridized carbons (Fsp3) is 0.875. The molecular formula is C16H32O4Si. The summed E-state index contributed by atoms with van der Waals surface area (Å²) in [6.45, 7) is 14.1. The summed E-state index contributed by atoms with van der Waals surface area (Å²) in [7, 11) is -2.43. The SMILES string of the molecule is C=C.CCO[Si](CCC1CCC2OC2C1)(OCC)OCC. The lowest BCUT2D eigenvalue weighted by Gasteiger charge is -2.30. The van der Waals surface area contributed by atoms with Gasteiger partial charge in [0.25, 0.3) is 0 Å². The molecule has 3 unspecified atom stereocenters. The average molecular weight is 317 g/mol. The van der Waals surface area contributed by atoms with E-state index in [9.17, 15) is 0 Å². The van der Waals surface area contributed by atoms with Gasteiger partial charge in [0, 0.05) is 25.9 Å². The van der Waals surface area contributed by atoms with Crippen molar-refractivity contribution >= 4 is 8.80 Å². The van der Waals surface area contributed by atoms with Gasteiger partial charge in [-0.2, -0.15) is 0 Å². The van der Waals surface area contributed by atoms with E-state index in [1.54, 1.807) is 0 Å². The van der Waals surface area contributed by atoms with E-state index < -0.39 is 8.80 Å². The minimum absolute atomic E-state index is 0.557. The van der Waals surface area contributed by atoms with Gasteiger partial charge in [-0.1, -0.05) is 0 Å². The molecule has 0 bridgehead atoms. The van der Waals surface area contributed by atoms with E-state index >= 15 is 0 Å². The molecule has 1 aliphatic carbocycles. The van der Waals surface area contributed by atoms with Gasteiger partial charge in [-0.3, -0.25) is 0 Å². The molecule has 5 heteroatoms. The Labute approximate surface area is 131 Å². The second-order valence-electron chi connectivity index (χ2n) is 5.41. The smallest absolute Gasteiger partial charge is 0.374 e. The van der Waals surface area contributed by atoms with Crippen LogP contribution < -0.4 is 0 Å². The van der Waals surface area contributed by atoms with Gasteiger partial charge in [0.15, 0.2) is 0 Å². The summed E-state index contributed by atoms with van der Waals surface area (Å²) >= 11 is 0. The number of fused-ring (bicyclic) bond motifs is 1. The molecular weight excluding hydrogens is 284 g/mol. The van der Waals surface area contributed by atoms with Crippen LogP contribution in [0.2, 0.25) is 6.04 Å². The maximum atomic E-state index is 5.90. The zero-order valence-corrected chi connectivity index (χ0v) is 14.9. The molecule has 1 heterocycles. The van der Waals surface area contributed by atoms with Crippen LogP contribution in [0.4, 0.5) is 0 Å². The highest BCUT2D eigenvalue weighted by molar-refractivity contribution is 6.60. The Balaban J connectivity index is 0.00000106. The van der Waals surface area contributed by atoms with Crippen molar-refractivity contribution in [3.63, 3.8) is 0 Å². The van der Waals surface area contributed by atoms with Crippen molar-refractivity contribution in [2.45, 2.75) is 64.7 Å². The van der Waals surface area contributed by atoms with Crippen LogP contribution in [0.1, 0.15) is 46.5 Å². The number of hydrogen-bond donors (Lipinski definition) is 0. The van der Waals surface area contributed by atoms with Crippen LogP contribution in [-0.2, 0) is 18.0 Å². The summed E-state index contributed by atoms with van der Waals surface area (Å²) in [6, 6.07) is 0.949. The van der Waals surface area contributed by atoms with E-state index in [2.05, 4.69) is 13.2 Å². The zero-order valence-electron chi connectivity index (χ0n) is 13.9. The van der Waals surface area contributed by atoms with Gasteiger partial charge >= 0.3 is 8.80 Å². The molecule has 0 radical (unpaired) electrons. The first-order valence-electron chi connectivity index (χ1n) is 8.30. The van der Waals surface area contributed by atoms with E-state index in [4.69, 9.17) is 18.0 Å². The molecule has 21 heavy (non-hydrogen) atoms. The maximum Gasteiger partial charge on any atom is 0.500 e. The van der Waals surface area contributed by atoms with Crippen molar-refractivity contribution in [1.82, 2.24) is 0 Å². The van der Waals surface area contributed by atoms with Gasteiger partial charge in [0.1, 0.15) is 0 Å². The highest BCUT2D eigenvalue weighted by atomic mass is 28.4. The molecule has 1 aliphatic heterocycles. The van der Waals surface area contributed by atoms with E-state index in [0.717, 1.165) is 18.4 Å². The van der Waals surface area contributed by atoms with Crippen LogP contribution in [0, 0.1) is 5.92 Å². The van der Waals surface area contributed by atoms with E-state index in [1.807, 2.05) is 20.8 Å². The Bertz CT molecular complexity index is 270. The van der Waals surface area contributed by atoms with Gasteiger partial charge < -0.3 is 18.0 Å². The van der Waals surface area contributed by atoms with E-state index in [0.29, 0.717) is 32.0 Å². The molecule has 2 rings (SSSR count). The topological polar surface area (TPSA) is 40.2 Å². The first-order chi connectivity index (χ1) is 10.2. The third-order valence-electron chi connectivity index (χ3n) is 4.06. The van der Waals surface area contributed by atoms with Gasteiger partial charge in [0.05, 0.1) is 12.2 Å². The Hall–Kier alpha value is -0.203. The Morgan fingerprint density at radius 2 is 1.52 bits per heavy atom. The van der Waals surface area contributed by atoms with Crippen LogP contribution in [0.15, 0.2) is 13.2 Å². The number of rotatable bonds is 9. The summed E-state index contributed by atoms with van der Waals surface area (Å²) < 4.78 is 23.3. The minimum Gasteiger partial charge on any atom is -0.374 e. The van der Waals surface area contributed by atoms with Crippen LogP contribution in [0.5, 0.6) is 0 Å². The molecule has 2 aliphatic rings. The summed E-state index contributed by atoms with van der Waals surface area (Å²) in [5.41, 5.74) is 0. The fourth-order valence-electron chi connectivity index (χ4n) is 3.13. The molecule has 2 fully saturated rings. The molecule has 0 aromatic carbocycles. The van der Waals surface area contributed by atoms with Crippen molar-refractivity contribution in [2.24, 2.45) is 5.92 Å². The van der Waals surface area contributed by atoms with Gasteiger partial charge in [-0.05, 0) is 52.4 Å². The summed E-state index contributed by atoms with van der Waals surface area (Å²) in [5.74, 6) is 0.761. The first kappa shape index (κ1) is 18.8. The lowest BCUT2D eigenvalue weighted by molar-refractivity contribution is 0.0691. The first-order valence-corrected chi connectivity index (χ1v) is 10.2. The molecule has 3 atom stereocenters. The Morgan fingerprint density at radius 3 is 2.00 bits per heavy atom. The number of ether oxygens (including phenoxy) is 1. The van der Waals surface area contributed by atoms with Gasteiger partial charge in [-0.15, -0.1) is 13.2 Å². The third kappa shape index (κ3) is 5.83. The standard InChI is InChI=1S/C14H28O4Si.C2H4/c1-4-15-19(16-5-2,17-6-3)10-9-12-7-8-13-14(11-12)18-13;1-2/h12-14H,4-11H2,1-3H3;1-2H2. The molecule has 1 saturated heterocycles. The fourth-order valence-corrected chi connectivity index (χ4v) is 5.90. The van der Waals surface area contributed by atoms with Crippen molar-refractivity contribution < 1.29 is 18.0 Å². The second kappa shape index (κ2) is 9.74. The number of epoxide rings is 1. The quantitative estimate of drug-likeness (QED) is 0.368. The Kier molecular flexibility index (Phi) is 8.74. The summed E-state index contributed by atoms with van der Waals surface area (Å²) in [6.07, 6.45) is 6.04. The van der Waals surface area contributed by atoms with Crippen molar-refractivity contribution in [3.05, 3.63) is 13.2 Å². The van der Waals surface area contributed by atoms with Gasteiger partial charge in [0.2, 0.25) is 0 Å². The monoisotopic (exact) mass is 316 g/mol. The molecule has 4 nitrogen and oxygen atoms in total. The molecule has 1 saturated carbocycles. The van der Waals surface area contributed by atoms with Crippen molar-refractivity contribution in [2.75, 3.05) is 19.8 Å². The Morgan fingerprint density at radius 1 is 0.952 bits per heavy atom. The molecule has 0 N–H and O–H groups in total. The lowest BCUT2D eigenvalue weighted by atomic mass is 9.88. The summed E-state index contributed by atoms with van der Waals surface area (Å²) in [4.78, 5) is 0. The van der Waals surface area contributed by atoms with Crippen LogP contribution in [-0.4, -0.2) is 40.8 Å². The molecule has 0 aromatic rings. The highest BCUT2D eigenvalue weighted by Crippen LogP contribution is 2.41. The number of hydrogen-bond acceptors (Lipinski definition) is 4. The second-order valence-corrected chi connectivity index (χ2v) is 8.14. The predicted molar refractivity (Wildman–Crippen MR) is 87.3 cm³/mol. The normalized spacial score (nSPS) is 27.5. The predicted octanol–water partition coefficient (Wildman–Crippen LogP) is 3.79. The maximum absolute atomic E-state index is 5.90. The van der Waals surface area contributed by atoms with E-state index in [1.165, 1.54) is 19.3 Å². The molecule has 0 spiro atoms. The molecule has 124 valence electrons. The average Bonchev–Trinajstić information content (AvgIpc) is 3.27. The summed E-state index contributed by atoms with van der Waals surface area (Å²) in [5, 5.41) is 0. The highest BCUT2D eigenvalue weighted by Gasteiger charge is 2.46. The van der Waals surface area contributed by atoms with E-state index in [-0.39, 0.29) is 0 Å². The van der Waals surface area contributed by atoms with Crippen LogP contribution in [0.25, 0.3) is 0 Å².